The molecule has 0 spiro atoms. The molecule has 1 heterocycles. The molecule has 78 valence electrons. The monoisotopic (exact) mass is 210 g/mol. The zero-order valence-electron chi connectivity index (χ0n) is 8.86. The van der Waals surface area contributed by atoms with E-state index in [-0.39, 0.29) is 5.78 Å². The van der Waals surface area contributed by atoms with Gasteiger partial charge in [0.2, 0.25) is 0 Å². The molecule has 0 aliphatic carbocycles. The first-order valence-electron chi connectivity index (χ1n) is 5.18. The van der Waals surface area contributed by atoms with Crippen LogP contribution in [-0.4, -0.2) is 5.78 Å². The molecule has 0 fully saturated rings. The molecule has 2 heteroatoms. The number of carbonyl (C=O) groups is 1. The average molecular weight is 210 g/mol. The second-order valence-electron chi connectivity index (χ2n) is 3.87. The maximum Gasteiger partial charge on any atom is 0.194 e. The van der Waals surface area contributed by atoms with Gasteiger partial charge in [-0.2, -0.15) is 0 Å². The lowest BCUT2D eigenvalue weighted by molar-refractivity contribution is -0.115. The Bertz CT molecular complexity index is 618. The predicted molar refractivity (Wildman–Crippen MR) is 63.2 cm³/mol. The summed E-state index contributed by atoms with van der Waals surface area (Å²) in [4.78, 5) is 11.3. The molecule has 0 bridgehead atoms. The summed E-state index contributed by atoms with van der Waals surface area (Å²) in [6, 6.07) is 11.9. The standard InChI is InChI=1S/C14H10O2/c1-9(15)13-8-11-6-2-4-10-5-3-7-12(16-13)14(10)11/h2-8H,1H3. The van der Waals surface area contributed by atoms with E-state index in [0.29, 0.717) is 5.76 Å². The predicted octanol–water partition coefficient (Wildman–Crippen LogP) is 3.16. The van der Waals surface area contributed by atoms with Crippen molar-refractivity contribution in [3.63, 3.8) is 0 Å². The van der Waals surface area contributed by atoms with Crippen molar-refractivity contribution in [2.75, 3.05) is 0 Å². The Morgan fingerprint density at radius 3 is 2.62 bits per heavy atom. The van der Waals surface area contributed by atoms with E-state index >= 15 is 0 Å². The van der Waals surface area contributed by atoms with Crippen LogP contribution in [0.1, 0.15) is 12.5 Å². The van der Waals surface area contributed by atoms with E-state index in [1.807, 2.05) is 36.4 Å². The van der Waals surface area contributed by atoms with E-state index in [2.05, 4.69) is 0 Å². The number of carbonyl (C=O) groups excluding carboxylic acids is 1. The highest BCUT2D eigenvalue weighted by atomic mass is 16.5. The highest BCUT2D eigenvalue weighted by Crippen LogP contribution is 2.35. The molecule has 3 rings (SSSR count). The van der Waals surface area contributed by atoms with Crippen LogP contribution in [0.2, 0.25) is 0 Å². The van der Waals surface area contributed by atoms with Crippen molar-refractivity contribution < 1.29 is 9.53 Å². The van der Waals surface area contributed by atoms with Crippen molar-refractivity contribution in [2.24, 2.45) is 0 Å². The Morgan fingerprint density at radius 1 is 1.12 bits per heavy atom. The fourth-order valence-corrected chi connectivity index (χ4v) is 2.00. The van der Waals surface area contributed by atoms with Crippen LogP contribution in [0, 0.1) is 0 Å². The second-order valence-corrected chi connectivity index (χ2v) is 3.87. The second kappa shape index (κ2) is 3.20. The third-order valence-corrected chi connectivity index (χ3v) is 2.75. The van der Waals surface area contributed by atoms with E-state index < -0.39 is 0 Å². The molecular formula is C14H10O2. The Labute approximate surface area is 93.2 Å². The molecule has 2 aromatic carbocycles. The molecule has 2 nitrogen and oxygen atoms in total. The van der Waals surface area contributed by atoms with E-state index in [0.717, 1.165) is 22.1 Å². The SMILES string of the molecule is CC(=O)C1=Cc2cccc3cccc(c23)O1. The third kappa shape index (κ3) is 1.23. The van der Waals surface area contributed by atoms with Crippen LogP contribution in [0.15, 0.2) is 42.2 Å². The van der Waals surface area contributed by atoms with Crippen molar-refractivity contribution in [1.82, 2.24) is 0 Å². The molecule has 0 unspecified atom stereocenters. The minimum atomic E-state index is -0.0495. The van der Waals surface area contributed by atoms with Gasteiger partial charge in [0.15, 0.2) is 11.5 Å². The number of ketones is 1. The molecule has 1 aliphatic heterocycles. The average Bonchev–Trinajstić information content (AvgIpc) is 2.29. The van der Waals surface area contributed by atoms with Crippen LogP contribution >= 0.6 is 0 Å². The lowest BCUT2D eigenvalue weighted by Gasteiger charge is -2.16. The van der Waals surface area contributed by atoms with E-state index in [4.69, 9.17) is 4.74 Å². The number of hydrogen-bond donors (Lipinski definition) is 0. The number of Topliss-reactive ketones (excluding diaryl/α,β-unsaturated/α-hetero) is 1. The Morgan fingerprint density at radius 2 is 1.88 bits per heavy atom. The summed E-state index contributed by atoms with van der Waals surface area (Å²) in [5, 5.41) is 2.21. The third-order valence-electron chi connectivity index (χ3n) is 2.75. The largest absolute Gasteiger partial charge is 0.453 e. The molecule has 0 N–H and O–H groups in total. The lowest BCUT2D eigenvalue weighted by Crippen LogP contribution is -2.08. The Balaban J connectivity index is 2.36. The van der Waals surface area contributed by atoms with Crippen molar-refractivity contribution >= 4 is 22.6 Å². The van der Waals surface area contributed by atoms with Gasteiger partial charge in [0.1, 0.15) is 5.75 Å². The van der Waals surface area contributed by atoms with Gasteiger partial charge in [-0.15, -0.1) is 0 Å². The first-order chi connectivity index (χ1) is 7.75. The van der Waals surface area contributed by atoms with Crippen LogP contribution < -0.4 is 4.74 Å². The van der Waals surface area contributed by atoms with Crippen molar-refractivity contribution in [3.8, 4) is 5.75 Å². The highest BCUT2D eigenvalue weighted by Gasteiger charge is 2.16. The van der Waals surface area contributed by atoms with Crippen LogP contribution in [0.3, 0.4) is 0 Å². The van der Waals surface area contributed by atoms with Crippen LogP contribution in [-0.2, 0) is 4.79 Å². The Kier molecular flexibility index (Phi) is 1.83. The number of hydrogen-bond acceptors (Lipinski definition) is 2. The lowest BCUT2D eigenvalue weighted by atomic mass is 10.0. The van der Waals surface area contributed by atoms with E-state index in [1.54, 1.807) is 6.08 Å². The van der Waals surface area contributed by atoms with Crippen molar-refractivity contribution in [3.05, 3.63) is 47.7 Å². The molecule has 16 heavy (non-hydrogen) atoms. The summed E-state index contributed by atoms with van der Waals surface area (Å²) in [5.74, 6) is 1.12. The summed E-state index contributed by atoms with van der Waals surface area (Å²) in [5.41, 5.74) is 1.05. The number of ether oxygens (including phenoxy) is 1. The topological polar surface area (TPSA) is 26.3 Å². The minimum absolute atomic E-state index is 0.0495. The van der Waals surface area contributed by atoms with Crippen molar-refractivity contribution in [2.45, 2.75) is 6.92 Å². The summed E-state index contributed by atoms with van der Waals surface area (Å²) >= 11 is 0. The maximum atomic E-state index is 11.3. The fraction of sp³-hybridized carbons (Fsp3) is 0.0714. The molecule has 0 amide bonds. The van der Waals surface area contributed by atoms with Gasteiger partial charge in [-0.05, 0) is 23.1 Å². The van der Waals surface area contributed by atoms with Gasteiger partial charge in [0.25, 0.3) is 0 Å². The summed E-state index contributed by atoms with van der Waals surface area (Å²) in [7, 11) is 0. The van der Waals surface area contributed by atoms with E-state index in [9.17, 15) is 4.79 Å². The number of allylic oxidation sites excluding steroid dienone is 1. The van der Waals surface area contributed by atoms with Gasteiger partial charge in [-0.3, -0.25) is 4.79 Å². The molecule has 0 atom stereocenters. The first-order valence-corrected chi connectivity index (χ1v) is 5.18. The van der Waals surface area contributed by atoms with Gasteiger partial charge < -0.3 is 4.74 Å². The smallest absolute Gasteiger partial charge is 0.194 e. The van der Waals surface area contributed by atoms with E-state index in [1.165, 1.54) is 6.92 Å². The fourth-order valence-electron chi connectivity index (χ4n) is 2.00. The molecule has 2 aromatic rings. The zero-order chi connectivity index (χ0) is 11.1. The first kappa shape index (κ1) is 9.16. The van der Waals surface area contributed by atoms with Gasteiger partial charge in [0.05, 0.1) is 0 Å². The summed E-state index contributed by atoms with van der Waals surface area (Å²) in [6.07, 6.45) is 1.80. The minimum Gasteiger partial charge on any atom is -0.453 e. The molecule has 0 saturated carbocycles. The van der Waals surface area contributed by atoms with Gasteiger partial charge in [0, 0.05) is 12.3 Å². The zero-order valence-corrected chi connectivity index (χ0v) is 8.86. The normalized spacial score (nSPS) is 13.2. The Hall–Kier alpha value is -2.09. The highest BCUT2D eigenvalue weighted by molar-refractivity contribution is 6.04. The maximum absolute atomic E-state index is 11.3. The quantitative estimate of drug-likeness (QED) is 0.722. The molecule has 0 radical (unpaired) electrons. The van der Waals surface area contributed by atoms with Crippen LogP contribution in [0.5, 0.6) is 5.75 Å². The van der Waals surface area contributed by atoms with Crippen LogP contribution in [0.4, 0.5) is 0 Å². The summed E-state index contributed by atoms with van der Waals surface area (Å²) < 4.78 is 5.58. The van der Waals surface area contributed by atoms with Gasteiger partial charge in [-0.25, -0.2) is 0 Å². The molecular weight excluding hydrogens is 200 g/mol. The molecule has 0 saturated heterocycles. The molecule has 1 aliphatic rings. The number of benzene rings is 2. The molecule has 0 aromatic heterocycles. The van der Waals surface area contributed by atoms with Crippen molar-refractivity contribution in [1.29, 1.82) is 0 Å². The number of rotatable bonds is 1. The van der Waals surface area contributed by atoms with Crippen LogP contribution in [0.25, 0.3) is 16.8 Å². The van der Waals surface area contributed by atoms with Gasteiger partial charge >= 0.3 is 0 Å². The summed E-state index contributed by atoms with van der Waals surface area (Å²) in [6.45, 7) is 1.51. The van der Waals surface area contributed by atoms with Gasteiger partial charge in [-0.1, -0.05) is 30.3 Å².